The van der Waals surface area contributed by atoms with E-state index in [-0.39, 0.29) is 0 Å². The van der Waals surface area contributed by atoms with E-state index in [1.807, 2.05) is 6.08 Å². The molecule has 0 amide bonds. The average molecular weight is 324 g/mol. The summed E-state index contributed by atoms with van der Waals surface area (Å²) in [5.41, 5.74) is 0.390. The van der Waals surface area contributed by atoms with Gasteiger partial charge in [0.1, 0.15) is 0 Å². The molecule has 0 bridgehead atoms. The minimum atomic E-state index is 0.390. The zero-order chi connectivity index (χ0) is 17.0. The zero-order valence-electron chi connectivity index (χ0n) is 15.6. The average Bonchev–Trinajstić information content (AvgIpc) is 2.52. The second-order valence-corrected chi connectivity index (χ2v) is 6.83. The quantitative estimate of drug-likeness (QED) is 0.257. The number of methoxy groups -OCH3 is 1. The van der Waals surface area contributed by atoms with Gasteiger partial charge < -0.3 is 15.0 Å². The van der Waals surface area contributed by atoms with E-state index < -0.39 is 0 Å². The van der Waals surface area contributed by atoms with Crippen LogP contribution < -0.4 is 5.32 Å². The van der Waals surface area contributed by atoms with Crippen LogP contribution in [0.25, 0.3) is 0 Å². The minimum Gasteiger partial charge on any atom is -0.385 e. The Morgan fingerprint density at radius 1 is 1.35 bits per heavy atom. The van der Waals surface area contributed by atoms with Crippen LogP contribution in [0.3, 0.4) is 0 Å². The molecule has 4 heteroatoms. The first kappa shape index (κ1) is 20.0. The van der Waals surface area contributed by atoms with Gasteiger partial charge in [0.15, 0.2) is 5.96 Å². The van der Waals surface area contributed by atoms with Gasteiger partial charge in [-0.2, -0.15) is 0 Å². The first-order valence-electron chi connectivity index (χ1n) is 9.27. The first-order chi connectivity index (χ1) is 11.2. The summed E-state index contributed by atoms with van der Waals surface area (Å²) in [7, 11) is 3.94. The van der Waals surface area contributed by atoms with Crippen LogP contribution in [0.5, 0.6) is 0 Å². The topological polar surface area (TPSA) is 36.9 Å². The lowest BCUT2D eigenvalue weighted by Gasteiger charge is -2.41. The number of ether oxygens (including phenoxy) is 1. The minimum absolute atomic E-state index is 0.390. The van der Waals surface area contributed by atoms with Crippen molar-refractivity contribution in [2.24, 2.45) is 10.4 Å². The molecule has 0 radical (unpaired) electrons. The number of guanidine groups is 1. The van der Waals surface area contributed by atoms with E-state index in [4.69, 9.17) is 9.73 Å². The van der Waals surface area contributed by atoms with Gasteiger partial charge in [-0.05, 0) is 50.9 Å². The third-order valence-corrected chi connectivity index (χ3v) is 4.91. The van der Waals surface area contributed by atoms with Crippen molar-refractivity contribution in [3.8, 4) is 0 Å². The number of unbranched alkanes of at least 4 members (excludes halogenated alkanes) is 3. The van der Waals surface area contributed by atoms with Crippen molar-refractivity contribution in [2.45, 2.75) is 58.3 Å². The van der Waals surface area contributed by atoms with Crippen LogP contribution in [0.2, 0.25) is 0 Å². The Balaban J connectivity index is 2.45. The molecule has 1 saturated carbocycles. The summed E-state index contributed by atoms with van der Waals surface area (Å²) in [5.74, 6) is 1.06. The second-order valence-electron chi connectivity index (χ2n) is 6.83. The number of rotatable bonds is 12. The second kappa shape index (κ2) is 11.5. The summed E-state index contributed by atoms with van der Waals surface area (Å²) < 4.78 is 5.28. The Labute approximate surface area is 143 Å². The van der Waals surface area contributed by atoms with Crippen LogP contribution in [-0.2, 0) is 4.74 Å². The van der Waals surface area contributed by atoms with Crippen LogP contribution in [-0.4, -0.2) is 51.3 Å². The normalized spacial score (nSPS) is 16.7. The van der Waals surface area contributed by atoms with Crippen molar-refractivity contribution in [1.82, 2.24) is 10.2 Å². The molecule has 0 aromatic heterocycles. The summed E-state index contributed by atoms with van der Waals surface area (Å²) in [6, 6.07) is 0. The van der Waals surface area contributed by atoms with Gasteiger partial charge >= 0.3 is 0 Å². The first-order valence-corrected chi connectivity index (χ1v) is 9.27. The lowest BCUT2D eigenvalue weighted by atomic mass is 9.67. The van der Waals surface area contributed by atoms with Gasteiger partial charge in [-0.1, -0.05) is 18.9 Å². The van der Waals surface area contributed by atoms with E-state index >= 15 is 0 Å². The molecular formula is C19H37N3O. The molecule has 0 heterocycles. The molecule has 1 aliphatic rings. The van der Waals surface area contributed by atoms with E-state index in [0.717, 1.165) is 45.0 Å². The van der Waals surface area contributed by atoms with Crippen LogP contribution in [0, 0.1) is 5.41 Å². The van der Waals surface area contributed by atoms with E-state index in [1.54, 1.807) is 7.11 Å². The summed E-state index contributed by atoms with van der Waals surface area (Å²) in [6.45, 7) is 9.68. The largest absolute Gasteiger partial charge is 0.385 e. The van der Waals surface area contributed by atoms with Crippen molar-refractivity contribution in [1.29, 1.82) is 0 Å². The summed E-state index contributed by atoms with van der Waals surface area (Å²) >= 11 is 0. The molecule has 1 fully saturated rings. The van der Waals surface area contributed by atoms with Crippen LogP contribution in [0.15, 0.2) is 17.6 Å². The van der Waals surface area contributed by atoms with Crippen LogP contribution in [0.1, 0.15) is 58.3 Å². The Bertz CT molecular complexity index is 351. The lowest BCUT2D eigenvalue weighted by Crippen LogP contribution is -2.41. The van der Waals surface area contributed by atoms with Gasteiger partial charge in [0.2, 0.25) is 0 Å². The highest BCUT2D eigenvalue weighted by molar-refractivity contribution is 5.79. The molecule has 0 unspecified atom stereocenters. The highest BCUT2D eigenvalue weighted by Crippen LogP contribution is 2.44. The molecule has 0 aromatic rings. The SMILES string of the molecule is C=CCCCCCN(C)C(=NCC1(CCOC)CCC1)NCC. The van der Waals surface area contributed by atoms with Gasteiger partial charge in [-0.3, -0.25) is 4.99 Å². The monoisotopic (exact) mass is 323 g/mol. The predicted octanol–water partition coefficient (Wildman–Crippen LogP) is 3.84. The maximum atomic E-state index is 5.28. The Morgan fingerprint density at radius 3 is 2.70 bits per heavy atom. The van der Waals surface area contributed by atoms with Crippen molar-refractivity contribution >= 4 is 5.96 Å². The summed E-state index contributed by atoms with van der Waals surface area (Å²) in [4.78, 5) is 7.21. The highest BCUT2D eigenvalue weighted by Gasteiger charge is 2.36. The summed E-state index contributed by atoms with van der Waals surface area (Å²) in [5, 5.41) is 3.44. The molecule has 134 valence electrons. The fourth-order valence-corrected chi connectivity index (χ4v) is 3.12. The van der Waals surface area contributed by atoms with Crippen molar-refractivity contribution in [2.75, 3.05) is 40.4 Å². The smallest absolute Gasteiger partial charge is 0.193 e. The fourth-order valence-electron chi connectivity index (χ4n) is 3.12. The molecule has 1 rings (SSSR count). The predicted molar refractivity (Wildman–Crippen MR) is 100 cm³/mol. The van der Waals surface area contributed by atoms with E-state index in [9.17, 15) is 0 Å². The Morgan fingerprint density at radius 2 is 2.13 bits per heavy atom. The number of aliphatic imine (C=N–C) groups is 1. The zero-order valence-corrected chi connectivity index (χ0v) is 15.6. The summed E-state index contributed by atoms with van der Waals surface area (Å²) in [6.07, 6.45) is 11.9. The molecule has 1 N–H and O–H groups in total. The van der Waals surface area contributed by atoms with Gasteiger partial charge in [0.05, 0.1) is 0 Å². The highest BCUT2D eigenvalue weighted by atomic mass is 16.5. The van der Waals surface area contributed by atoms with Gasteiger partial charge in [-0.25, -0.2) is 0 Å². The molecule has 0 saturated heterocycles. The molecule has 1 aliphatic carbocycles. The van der Waals surface area contributed by atoms with Crippen molar-refractivity contribution < 1.29 is 4.74 Å². The number of nitrogens with zero attached hydrogens (tertiary/aromatic N) is 2. The molecule has 0 aliphatic heterocycles. The standard InChI is InChI=1S/C19H37N3O/c1-5-7-8-9-10-15-22(3)18(20-6-2)21-17-19(12-11-13-19)14-16-23-4/h5H,1,6-17H2,2-4H3,(H,20,21). The van der Waals surface area contributed by atoms with E-state index in [0.29, 0.717) is 5.41 Å². The van der Waals surface area contributed by atoms with E-state index in [2.05, 4.69) is 30.8 Å². The molecule has 0 atom stereocenters. The van der Waals surface area contributed by atoms with E-state index in [1.165, 1.54) is 38.5 Å². The lowest BCUT2D eigenvalue weighted by molar-refractivity contribution is 0.0776. The number of nitrogens with one attached hydrogen (secondary N) is 1. The molecule has 0 aromatic carbocycles. The fraction of sp³-hybridized carbons (Fsp3) is 0.842. The van der Waals surface area contributed by atoms with Crippen molar-refractivity contribution in [3.05, 3.63) is 12.7 Å². The molecule has 4 nitrogen and oxygen atoms in total. The molecule has 0 spiro atoms. The maximum Gasteiger partial charge on any atom is 0.193 e. The molecule has 23 heavy (non-hydrogen) atoms. The van der Waals surface area contributed by atoms with Gasteiger partial charge in [-0.15, -0.1) is 6.58 Å². The Kier molecular flexibility index (Phi) is 10.0. The number of hydrogen-bond acceptors (Lipinski definition) is 2. The number of hydrogen-bond donors (Lipinski definition) is 1. The molecular weight excluding hydrogens is 286 g/mol. The van der Waals surface area contributed by atoms with Crippen molar-refractivity contribution in [3.63, 3.8) is 0 Å². The van der Waals surface area contributed by atoms with Gasteiger partial charge in [0, 0.05) is 40.4 Å². The third kappa shape index (κ3) is 7.38. The third-order valence-electron chi connectivity index (χ3n) is 4.91. The Hall–Kier alpha value is -1.03. The van der Waals surface area contributed by atoms with Crippen LogP contribution in [0.4, 0.5) is 0 Å². The maximum absolute atomic E-state index is 5.28. The van der Waals surface area contributed by atoms with Crippen LogP contribution >= 0.6 is 0 Å². The number of allylic oxidation sites excluding steroid dienone is 1. The van der Waals surface area contributed by atoms with Gasteiger partial charge in [0.25, 0.3) is 0 Å².